The number of rotatable bonds is 6. The molecule has 0 spiro atoms. The summed E-state index contributed by atoms with van der Waals surface area (Å²) in [4.78, 5) is 30.5. The van der Waals surface area contributed by atoms with Crippen LogP contribution >= 0.6 is 0 Å². The Morgan fingerprint density at radius 3 is 2.60 bits per heavy atom. The molecular formula is C36H45N5O5S. The maximum Gasteiger partial charge on any atom is 0.303 e. The second-order valence-corrected chi connectivity index (χ2v) is 16.5. The number of piperidine rings is 1. The van der Waals surface area contributed by atoms with Crippen molar-refractivity contribution in [2.75, 3.05) is 40.8 Å². The molecule has 4 atom stereocenters. The lowest BCUT2D eigenvalue weighted by molar-refractivity contribution is -0.142. The number of hydrogen-bond donors (Lipinski definition) is 2. The second-order valence-electron chi connectivity index (χ2n) is 14.6. The summed E-state index contributed by atoms with van der Waals surface area (Å²) < 4.78 is 36.4. The van der Waals surface area contributed by atoms with Gasteiger partial charge >= 0.3 is 10.2 Å². The van der Waals surface area contributed by atoms with Gasteiger partial charge in [0.1, 0.15) is 5.75 Å². The van der Waals surface area contributed by atoms with Crippen molar-refractivity contribution >= 4 is 32.9 Å². The molecular weight excluding hydrogens is 614 g/mol. The van der Waals surface area contributed by atoms with Crippen molar-refractivity contribution in [1.29, 1.82) is 0 Å². The van der Waals surface area contributed by atoms with Gasteiger partial charge in [-0.3, -0.25) is 9.59 Å². The summed E-state index contributed by atoms with van der Waals surface area (Å²) >= 11 is 0. The molecule has 0 bridgehead atoms. The number of fused-ring (bicyclic) bond motifs is 8. The molecule has 2 saturated carbocycles. The van der Waals surface area contributed by atoms with Gasteiger partial charge < -0.3 is 19.5 Å². The molecule has 2 aliphatic carbocycles. The number of likely N-dealkylation sites (tertiary alicyclic amines) is 1. The number of hydrogen-bond acceptors (Lipinski definition) is 6. The summed E-state index contributed by atoms with van der Waals surface area (Å²) in [5.41, 5.74) is 5.31. The highest BCUT2D eigenvalue weighted by Crippen LogP contribution is 2.66. The third-order valence-electron chi connectivity index (χ3n) is 11.9. The number of nitrogens with one attached hydrogen (secondary N) is 2. The molecule has 5 aliphatic rings. The summed E-state index contributed by atoms with van der Waals surface area (Å²) in [6.45, 7) is 3.13. The lowest BCUT2D eigenvalue weighted by atomic mass is 9.81. The van der Waals surface area contributed by atoms with Crippen molar-refractivity contribution in [3.8, 4) is 17.0 Å². The quantitative estimate of drug-likeness (QED) is 0.400. The van der Waals surface area contributed by atoms with E-state index in [-0.39, 0.29) is 23.4 Å². The Kier molecular flexibility index (Phi) is 7.46. The maximum absolute atomic E-state index is 14.9. The van der Waals surface area contributed by atoms with E-state index in [9.17, 15) is 18.0 Å². The molecule has 4 fully saturated rings. The van der Waals surface area contributed by atoms with Crippen molar-refractivity contribution < 1.29 is 22.7 Å². The molecule has 11 heteroatoms. The molecule has 47 heavy (non-hydrogen) atoms. The highest BCUT2D eigenvalue weighted by atomic mass is 32.2. The van der Waals surface area contributed by atoms with Crippen LogP contribution in [0.5, 0.6) is 5.75 Å². The van der Waals surface area contributed by atoms with Gasteiger partial charge in [-0.05, 0) is 85.4 Å². The fraction of sp³-hybridized carbons (Fsp3) is 0.556. The molecule has 250 valence electrons. The zero-order valence-electron chi connectivity index (χ0n) is 27.5. The van der Waals surface area contributed by atoms with Crippen LogP contribution in [-0.2, 0) is 21.5 Å². The zero-order chi connectivity index (χ0) is 32.7. The monoisotopic (exact) mass is 659 g/mol. The highest BCUT2D eigenvalue weighted by Gasteiger charge is 2.64. The third kappa shape index (κ3) is 4.91. The molecule has 1 aromatic heterocycles. The van der Waals surface area contributed by atoms with Crippen LogP contribution in [0.25, 0.3) is 22.2 Å². The van der Waals surface area contributed by atoms with Crippen LogP contribution in [0, 0.1) is 11.3 Å². The first-order valence-electron chi connectivity index (χ1n) is 17.2. The van der Waals surface area contributed by atoms with Crippen LogP contribution in [0.4, 0.5) is 0 Å². The minimum absolute atomic E-state index is 0.0701. The lowest BCUT2D eigenvalue weighted by Gasteiger charge is -2.39. The molecule has 0 radical (unpaired) electrons. The molecule has 2 saturated heterocycles. The summed E-state index contributed by atoms with van der Waals surface area (Å²) in [7, 11) is 0.513. The van der Waals surface area contributed by atoms with Crippen molar-refractivity contribution in [3.63, 3.8) is 0 Å². The van der Waals surface area contributed by atoms with Gasteiger partial charge in [-0.1, -0.05) is 25.3 Å². The average molecular weight is 660 g/mol. The van der Waals surface area contributed by atoms with Gasteiger partial charge in [0.15, 0.2) is 0 Å². The number of ether oxygens (including phenoxy) is 1. The molecule has 2 aromatic carbocycles. The Labute approximate surface area is 277 Å². The first kappa shape index (κ1) is 30.9. The Bertz CT molecular complexity index is 1880. The van der Waals surface area contributed by atoms with Crippen molar-refractivity contribution in [3.05, 3.63) is 53.1 Å². The van der Waals surface area contributed by atoms with Crippen molar-refractivity contribution in [1.82, 2.24) is 23.8 Å². The number of carbonyl (C=O) groups excluding carboxylic acids is 2. The number of methoxy groups -OCH3 is 1. The van der Waals surface area contributed by atoms with E-state index in [4.69, 9.17) is 4.74 Å². The van der Waals surface area contributed by atoms with Crippen LogP contribution in [0.2, 0.25) is 0 Å². The lowest BCUT2D eigenvalue weighted by Crippen LogP contribution is -2.51. The molecule has 3 aliphatic heterocycles. The first-order valence-corrected chi connectivity index (χ1v) is 18.7. The van der Waals surface area contributed by atoms with Crippen molar-refractivity contribution in [2.24, 2.45) is 11.3 Å². The minimum atomic E-state index is -3.96. The molecule has 8 rings (SSSR count). The number of nitrogens with zero attached hydrogens (tertiary/aromatic N) is 3. The number of benzene rings is 2. The Hall–Kier alpha value is -3.41. The molecule has 2 amide bonds. The first-order chi connectivity index (χ1) is 22.6. The van der Waals surface area contributed by atoms with Crippen LogP contribution in [-0.4, -0.2) is 80.9 Å². The zero-order valence-corrected chi connectivity index (χ0v) is 28.4. The summed E-state index contributed by atoms with van der Waals surface area (Å²) in [5, 5.41) is 4.62. The standard InChI is InChI=1S/C36H45N5O5S/c1-39(2)47(44,45)38-34(42)23-11-13-27-30(16-23)41-21-36(35(43)40-15-7-10-24-19-37-20-31(24)40)18-29(36)28-17-25(46-3)12-14-26(28)33(41)32(27)22-8-5-4-6-9-22/h11-14,16-17,22,24,29,31,37H,4-10,15,18-21H2,1-3H3,(H,38,42). The van der Waals surface area contributed by atoms with Crippen molar-refractivity contribution in [2.45, 2.75) is 75.8 Å². The van der Waals surface area contributed by atoms with Gasteiger partial charge in [-0.2, -0.15) is 12.7 Å². The summed E-state index contributed by atoms with van der Waals surface area (Å²) in [5.74, 6) is 1.30. The molecule has 4 heterocycles. The highest BCUT2D eigenvalue weighted by molar-refractivity contribution is 7.87. The van der Waals surface area contributed by atoms with E-state index < -0.39 is 21.5 Å². The topological polar surface area (TPSA) is 113 Å². The van der Waals surface area contributed by atoms with E-state index in [2.05, 4.69) is 31.6 Å². The van der Waals surface area contributed by atoms with E-state index in [0.717, 1.165) is 84.0 Å². The SMILES string of the molecule is COc1ccc2c(c1)C1CC1(C(=O)N1CCCC3CNCC31)Cn1c-2c(C2CCCCC2)c2ccc(C(=O)NS(=O)(=O)N(C)C)cc21. The normalized spacial score (nSPS) is 27.1. The smallest absolute Gasteiger partial charge is 0.303 e. The van der Waals surface area contributed by atoms with Gasteiger partial charge in [0.05, 0.1) is 18.2 Å². The van der Waals surface area contributed by atoms with Crippen LogP contribution in [0.15, 0.2) is 36.4 Å². The van der Waals surface area contributed by atoms with Gasteiger partial charge in [-0.25, -0.2) is 4.72 Å². The van der Waals surface area contributed by atoms with E-state index in [1.807, 2.05) is 18.2 Å². The van der Waals surface area contributed by atoms with E-state index in [0.29, 0.717) is 18.4 Å². The molecule has 3 aromatic rings. The van der Waals surface area contributed by atoms with Gasteiger partial charge in [-0.15, -0.1) is 0 Å². The Morgan fingerprint density at radius 2 is 1.83 bits per heavy atom. The second kappa shape index (κ2) is 11.3. The Balaban J connectivity index is 1.32. The number of aromatic nitrogens is 1. The fourth-order valence-corrected chi connectivity index (χ4v) is 9.83. The van der Waals surface area contributed by atoms with Gasteiger partial charge in [0.2, 0.25) is 5.91 Å². The predicted octanol–water partition coefficient (Wildman–Crippen LogP) is 4.60. The summed E-state index contributed by atoms with van der Waals surface area (Å²) in [6.07, 6.45) is 8.72. The maximum atomic E-state index is 14.9. The van der Waals surface area contributed by atoms with Gasteiger partial charge in [0, 0.05) is 74.3 Å². The van der Waals surface area contributed by atoms with Crippen LogP contribution in [0.1, 0.15) is 84.7 Å². The van der Waals surface area contributed by atoms with Gasteiger partial charge in [0.25, 0.3) is 5.91 Å². The van der Waals surface area contributed by atoms with E-state index >= 15 is 0 Å². The Morgan fingerprint density at radius 1 is 1.02 bits per heavy atom. The molecule has 2 N–H and O–H groups in total. The van der Waals surface area contributed by atoms with Crippen LogP contribution < -0.4 is 14.8 Å². The summed E-state index contributed by atoms with van der Waals surface area (Å²) in [6, 6.07) is 12.1. The average Bonchev–Trinajstić information content (AvgIpc) is 3.48. The van der Waals surface area contributed by atoms with Crippen LogP contribution in [0.3, 0.4) is 0 Å². The minimum Gasteiger partial charge on any atom is -0.497 e. The largest absolute Gasteiger partial charge is 0.497 e. The molecule has 4 unspecified atom stereocenters. The third-order valence-corrected chi connectivity index (χ3v) is 13.3. The fourth-order valence-electron chi connectivity index (χ4n) is 9.30. The predicted molar refractivity (Wildman–Crippen MR) is 181 cm³/mol. The van der Waals surface area contributed by atoms with E-state index in [1.54, 1.807) is 13.2 Å². The number of amides is 2. The molecule has 10 nitrogen and oxygen atoms in total. The number of carbonyl (C=O) groups is 2. The van der Waals surface area contributed by atoms with E-state index in [1.165, 1.54) is 44.5 Å².